The van der Waals surface area contributed by atoms with Crippen LogP contribution in [0.5, 0.6) is 0 Å². The van der Waals surface area contributed by atoms with Gasteiger partial charge in [0.25, 0.3) is 11.8 Å². The first-order chi connectivity index (χ1) is 17.2. The van der Waals surface area contributed by atoms with Crippen molar-refractivity contribution in [3.05, 3.63) is 102 Å². The number of benzene rings is 3. The summed E-state index contributed by atoms with van der Waals surface area (Å²) in [6, 6.07) is 28.0. The molecular weight excluding hydrogens is 434 g/mol. The molecule has 174 valence electrons. The molecule has 0 saturated heterocycles. The Morgan fingerprint density at radius 3 is 2.29 bits per heavy atom. The molecule has 5 heteroatoms. The summed E-state index contributed by atoms with van der Waals surface area (Å²) in [7, 11) is 0. The van der Waals surface area contributed by atoms with E-state index in [1.807, 2.05) is 89.8 Å². The number of rotatable bonds is 7. The summed E-state index contributed by atoms with van der Waals surface area (Å²) < 4.78 is 0. The van der Waals surface area contributed by atoms with Crippen LogP contribution in [0.15, 0.2) is 84.9 Å². The van der Waals surface area contributed by atoms with Crippen LogP contribution in [0.2, 0.25) is 0 Å². The molecule has 6 rings (SSSR count). The zero-order valence-electron chi connectivity index (χ0n) is 19.5. The minimum absolute atomic E-state index is 0.0223. The highest BCUT2D eigenvalue weighted by Gasteiger charge is 2.34. The number of pyridine rings is 1. The van der Waals surface area contributed by atoms with Crippen molar-refractivity contribution in [2.45, 2.75) is 44.3 Å². The minimum Gasteiger partial charge on any atom is -0.349 e. The molecule has 2 aliphatic carbocycles. The molecule has 35 heavy (non-hydrogen) atoms. The van der Waals surface area contributed by atoms with Gasteiger partial charge in [0, 0.05) is 35.1 Å². The Morgan fingerprint density at radius 2 is 1.57 bits per heavy atom. The van der Waals surface area contributed by atoms with Gasteiger partial charge in [-0.25, -0.2) is 4.98 Å². The van der Waals surface area contributed by atoms with Gasteiger partial charge in [-0.15, -0.1) is 0 Å². The molecule has 1 heterocycles. The summed E-state index contributed by atoms with van der Waals surface area (Å²) in [6.45, 7) is 0.519. The van der Waals surface area contributed by atoms with Gasteiger partial charge in [0.15, 0.2) is 0 Å². The van der Waals surface area contributed by atoms with Crippen LogP contribution in [0.4, 0.5) is 0 Å². The maximum atomic E-state index is 14.0. The zero-order chi connectivity index (χ0) is 23.8. The molecule has 3 aromatic carbocycles. The summed E-state index contributed by atoms with van der Waals surface area (Å²) in [5.74, 6) is 0.00436. The Morgan fingerprint density at radius 1 is 0.857 bits per heavy atom. The molecule has 0 unspecified atom stereocenters. The monoisotopic (exact) mass is 461 g/mol. The van der Waals surface area contributed by atoms with Crippen LogP contribution >= 0.6 is 0 Å². The van der Waals surface area contributed by atoms with Crippen LogP contribution in [0.3, 0.4) is 0 Å². The van der Waals surface area contributed by atoms with E-state index in [0.717, 1.165) is 53.4 Å². The number of nitrogens with one attached hydrogen (secondary N) is 1. The second-order valence-electron chi connectivity index (χ2n) is 9.55. The van der Waals surface area contributed by atoms with E-state index >= 15 is 0 Å². The SMILES string of the molecule is O=C(NC1CC1)c1ccc(CN(C(=O)c2cc(-c3ccccc3)nc3ccccc23)C2CC2)cc1. The van der Waals surface area contributed by atoms with Gasteiger partial charge in [0.1, 0.15) is 0 Å². The smallest absolute Gasteiger partial charge is 0.255 e. The molecule has 0 aliphatic heterocycles. The first kappa shape index (κ1) is 21.5. The summed E-state index contributed by atoms with van der Waals surface area (Å²) >= 11 is 0. The number of carbonyl (C=O) groups excluding carboxylic acids is 2. The topological polar surface area (TPSA) is 62.3 Å². The van der Waals surface area contributed by atoms with Gasteiger partial charge in [-0.05, 0) is 55.5 Å². The van der Waals surface area contributed by atoms with Crippen molar-refractivity contribution < 1.29 is 9.59 Å². The van der Waals surface area contributed by atoms with Crippen LogP contribution in [0.1, 0.15) is 52.0 Å². The van der Waals surface area contributed by atoms with Crippen molar-refractivity contribution in [2.75, 3.05) is 0 Å². The van der Waals surface area contributed by atoms with Crippen LogP contribution in [0, 0.1) is 0 Å². The molecule has 2 saturated carbocycles. The quantitative estimate of drug-likeness (QED) is 0.390. The van der Waals surface area contributed by atoms with Crippen LogP contribution in [-0.2, 0) is 6.54 Å². The van der Waals surface area contributed by atoms with Crippen molar-refractivity contribution >= 4 is 22.7 Å². The molecule has 2 amide bonds. The molecular formula is C30H27N3O2. The van der Waals surface area contributed by atoms with Gasteiger partial charge in [0.2, 0.25) is 0 Å². The largest absolute Gasteiger partial charge is 0.349 e. The van der Waals surface area contributed by atoms with Crippen LogP contribution < -0.4 is 5.32 Å². The Bertz CT molecular complexity index is 1390. The molecule has 0 radical (unpaired) electrons. The lowest BCUT2D eigenvalue weighted by atomic mass is 10.0. The lowest BCUT2D eigenvalue weighted by Crippen LogP contribution is -2.33. The molecule has 0 spiro atoms. The van der Waals surface area contributed by atoms with Gasteiger partial charge < -0.3 is 10.2 Å². The Labute approximate surface area is 204 Å². The summed E-state index contributed by atoms with van der Waals surface area (Å²) in [4.78, 5) is 33.1. The second-order valence-corrected chi connectivity index (χ2v) is 9.55. The van der Waals surface area contributed by atoms with Crippen molar-refractivity contribution in [2.24, 2.45) is 0 Å². The number of amides is 2. The van der Waals surface area contributed by atoms with E-state index in [1.54, 1.807) is 0 Å². The normalized spacial score (nSPS) is 15.1. The predicted octanol–water partition coefficient (Wildman–Crippen LogP) is 5.60. The molecule has 2 aliphatic rings. The van der Waals surface area contributed by atoms with Crippen molar-refractivity contribution in [3.63, 3.8) is 0 Å². The maximum absolute atomic E-state index is 14.0. The Balaban J connectivity index is 1.30. The van der Waals surface area contributed by atoms with Crippen LogP contribution in [0.25, 0.3) is 22.2 Å². The third kappa shape index (κ3) is 4.67. The van der Waals surface area contributed by atoms with Crippen molar-refractivity contribution in [1.29, 1.82) is 0 Å². The molecule has 4 aromatic rings. The molecule has 0 bridgehead atoms. The second kappa shape index (κ2) is 8.99. The Hall–Kier alpha value is -3.99. The molecule has 5 nitrogen and oxygen atoms in total. The number of hydrogen-bond acceptors (Lipinski definition) is 3. The zero-order valence-corrected chi connectivity index (χ0v) is 19.5. The van der Waals surface area contributed by atoms with Crippen LogP contribution in [-0.4, -0.2) is 33.8 Å². The minimum atomic E-state index is -0.0223. The fraction of sp³-hybridized carbons (Fsp3) is 0.233. The van der Waals surface area contributed by atoms with E-state index in [-0.39, 0.29) is 17.9 Å². The lowest BCUT2D eigenvalue weighted by Gasteiger charge is -2.24. The average Bonchev–Trinajstić information content (AvgIpc) is 3.83. The standard InChI is InChI=1S/C30H27N3O2/c34-29(31-23-14-15-23)22-12-10-20(11-13-22)19-33(24-16-17-24)30(35)26-18-28(21-6-2-1-3-7-21)32-27-9-5-4-8-25(26)27/h1-13,18,23-24H,14-17,19H2,(H,31,34). The number of fused-ring (bicyclic) bond motifs is 1. The van der Waals surface area contributed by atoms with Gasteiger partial charge in [-0.3, -0.25) is 9.59 Å². The molecule has 2 fully saturated rings. The fourth-order valence-corrected chi connectivity index (χ4v) is 4.47. The first-order valence-corrected chi connectivity index (χ1v) is 12.3. The van der Waals surface area contributed by atoms with Crippen molar-refractivity contribution in [1.82, 2.24) is 15.2 Å². The van der Waals surface area contributed by atoms with E-state index in [2.05, 4.69) is 5.32 Å². The summed E-state index contributed by atoms with van der Waals surface area (Å²) in [5, 5.41) is 3.90. The highest BCUT2D eigenvalue weighted by molar-refractivity contribution is 6.07. The van der Waals surface area contributed by atoms with E-state index in [0.29, 0.717) is 23.7 Å². The summed E-state index contributed by atoms with van der Waals surface area (Å²) in [5.41, 5.74) is 4.98. The van der Waals surface area contributed by atoms with E-state index in [4.69, 9.17) is 4.98 Å². The molecule has 0 atom stereocenters. The van der Waals surface area contributed by atoms with Crippen molar-refractivity contribution in [3.8, 4) is 11.3 Å². The Kier molecular flexibility index (Phi) is 5.53. The number of para-hydroxylation sites is 1. The highest BCUT2D eigenvalue weighted by atomic mass is 16.2. The third-order valence-corrected chi connectivity index (χ3v) is 6.75. The van der Waals surface area contributed by atoms with E-state index in [1.165, 1.54) is 0 Å². The highest BCUT2D eigenvalue weighted by Crippen LogP contribution is 2.32. The maximum Gasteiger partial charge on any atom is 0.255 e. The fourth-order valence-electron chi connectivity index (χ4n) is 4.47. The number of nitrogens with zero attached hydrogens (tertiary/aromatic N) is 2. The summed E-state index contributed by atoms with van der Waals surface area (Å²) in [6.07, 6.45) is 4.17. The first-order valence-electron chi connectivity index (χ1n) is 12.3. The predicted molar refractivity (Wildman–Crippen MR) is 137 cm³/mol. The van der Waals surface area contributed by atoms with E-state index < -0.39 is 0 Å². The number of aromatic nitrogens is 1. The van der Waals surface area contributed by atoms with Gasteiger partial charge in [-0.2, -0.15) is 0 Å². The number of carbonyl (C=O) groups is 2. The third-order valence-electron chi connectivity index (χ3n) is 6.75. The molecule has 1 N–H and O–H groups in total. The number of hydrogen-bond donors (Lipinski definition) is 1. The van der Waals surface area contributed by atoms with Gasteiger partial charge in [-0.1, -0.05) is 60.7 Å². The van der Waals surface area contributed by atoms with Gasteiger partial charge >= 0.3 is 0 Å². The van der Waals surface area contributed by atoms with Gasteiger partial charge in [0.05, 0.1) is 16.8 Å². The molecule has 1 aromatic heterocycles. The average molecular weight is 462 g/mol. The lowest BCUT2D eigenvalue weighted by molar-refractivity contribution is 0.0731. The van der Waals surface area contributed by atoms with E-state index in [9.17, 15) is 9.59 Å².